The van der Waals surface area contributed by atoms with Gasteiger partial charge in [0.05, 0.1) is 6.54 Å². The summed E-state index contributed by atoms with van der Waals surface area (Å²) in [4.78, 5) is 19.7. The van der Waals surface area contributed by atoms with Crippen LogP contribution in [0.2, 0.25) is 0 Å². The van der Waals surface area contributed by atoms with Gasteiger partial charge in [-0.1, -0.05) is 43.2 Å². The quantitative estimate of drug-likeness (QED) is 0.257. The molecule has 2 unspecified atom stereocenters. The SMILES string of the molecule is CCNC(=NCC(C)(C)NC(C)c1ccccc1)NC1CCN(C(=O)C2CCCC2)C1.I. The van der Waals surface area contributed by atoms with Crippen molar-refractivity contribution in [1.82, 2.24) is 20.9 Å². The highest BCUT2D eigenvalue weighted by atomic mass is 127. The number of guanidine groups is 1. The molecule has 1 aromatic carbocycles. The number of benzene rings is 1. The Kier molecular flexibility index (Phi) is 10.7. The molecule has 1 heterocycles. The minimum atomic E-state index is -0.141. The van der Waals surface area contributed by atoms with Gasteiger partial charge in [0.15, 0.2) is 5.96 Å². The summed E-state index contributed by atoms with van der Waals surface area (Å²) in [6.45, 7) is 11.8. The lowest BCUT2D eigenvalue weighted by molar-refractivity contribution is -0.134. The minimum Gasteiger partial charge on any atom is -0.357 e. The zero-order valence-electron chi connectivity index (χ0n) is 20.2. The lowest BCUT2D eigenvalue weighted by Crippen LogP contribution is -2.48. The Hall–Kier alpha value is -1.35. The zero-order chi connectivity index (χ0) is 22.3. The van der Waals surface area contributed by atoms with Crippen LogP contribution in [0, 0.1) is 5.92 Å². The molecule has 1 saturated heterocycles. The van der Waals surface area contributed by atoms with E-state index in [0.717, 1.165) is 44.9 Å². The van der Waals surface area contributed by atoms with E-state index in [1.165, 1.54) is 18.4 Å². The van der Waals surface area contributed by atoms with Crippen molar-refractivity contribution in [3.8, 4) is 0 Å². The first kappa shape index (κ1) is 26.9. The summed E-state index contributed by atoms with van der Waals surface area (Å²) in [5.41, 5.74) is 1.14. The Morgan fingerprint density at radius 3 is 2.53 bits per heavy atom. The van der Waals surface area contributed by atoms with Gasteiger partial charge in [-0.3, -0.25) is 9.79 Å². The molecule has 2 aliphatic rings. The van der Waals surface area contributed by atoms with Crippen LogP contribution in [-0.2, 0) is 4.79 Å². The number of amides is 1. The Morgan fingerprint density at radius 1 is 1.19 bits per heavy atom. The van der Waals surface area contributed by atoms with Crippen LogP contribution in [0.1, 0.15) is 71.4 Å². The van der Waals surface area contributed by atoms with Crippen LogP contribution in [0.3, 0.4) is 0 Å². The number of carbonyl (C=O) groups excluding carboxylic acids is 1. The van der Waals surface area contributed by atoms with E-state index >= 15 is 0 Å². The van der Waals surface area contributed by atoms with E-state index in [-0.39, 0.29) is 47.5 Å². The summed E-state index contributed by atoms with van der Waals surface area (Å²) in [6, 6.07) is 11.0. The molecular formula is C25H42IN5O. The van der Waals surface area contributed by atoms with E-state index in [4.69, 9.17) is 4.99 Å². The van der Waals surface area contributed by atoms with Crippen LogP contribution in [0.15, 0.2) is 35.3 Å². The van der Waals surface area contributed by atoms with Crippen molar-refractivity contribution in [1.29, 1.82) is 0 Å². The van der Waals surface area contributed by atoms with E-state index in [1.807, 2.05) is 6.07 Å². The van der Waals surface area contributed by atoms with Crippen molar-refractivity contribution >= 4 is 35.8 Å². The molecule has 2 atom stereocenters. The first-order chi connectivity index (χ1) is 14.9. The maximum atomic E-state index is 12.7. The van der Waals surface area contributed by atoms with Crippen LogP contribution in [-0.4, -0.2) is 54.5 Å². The molecule has 6 nitrogen and oxygen atoms in total. The van der Waals surface area contributed by atoms with Gasteiger partial charge in [-0.25, -0.2) is 0 Å². The normalized spacial score (nSPS) is 20.7. The van der Waals surface area contributed by atoms with Crippen LogP contribution >= 0.6 is 24.0 Å². The smallest absolute Gasteiger partial charge is 0.225 e. The van der Waals surface area contributed by atoms with Gasteiger partial charge >= 0.3 is 0 Å². The Labute approximate surface area is 211 Å². The molecule has 1 saturated carbocycles. The highest BCUT2D eigenvalue weighted by Crippen LogP contribution is 2.27. The lowest BCUT2D eigenvalue weighted by Gasteiger charge is -2.29. The molecule has 3 N–H and O–H groups in total. The molecule has 0 aromatic heterocycles. The predicted octanol–water partition coefficient (Wildman–Crippen LogP) is 4.08. The number of aliphatic imine (C=N–C) groups is 1. The van der Waals surface area contributed by atoms with Gasteiger partial charge in [-0.15, -0.1) is 24.0 Å². The minimum absolute atomic E-state index is 0. The van der Waals surface area contributed by atoms with Crippen LogP contribution < -0.4 is 16.0 Å². The summed E-state index contributed by atoms with van der Waals surface area (Å²) in [5, 5.41) is 10.6. The van der Waals surface area contributed by atoms with E-state index in [0.29, 0.717) is 12.5 Å². The fraction of sp³-hybridized carbons (Fsp3) is 0.680. The molecular weight excluding hydrogens is 513 g/mol. The van der Waals surface area contributed by atoms with E-state index < -0.39 is 0 Å². The number of nitrogens with zero attached hydrogens (tertiary/aromatic N) is 2. The van der Waals surface area contributed by atoms with E-state index in [1.54, 1.807) is 0 Å². The van der Waals surface area contributed by atoms with Crippen LogP contribution in [0.5, 0.6) is 0 Å². The van der Waals surface area contributed by atoms with Crippen LogP contribution in [0.25, 0.3) is 0 Å². The number of halogens is 1. The number of carbonyl (C=O) groups is 1. The predicted molar refractivity (Wildman–Crippen MR) is 144 cm³/mol. The van der Waals surface area contributed by atoms with Gasteiger partial charge in [0.25, 0.3) is 0 Å². The maximum absolute atomic E-state index is 12.7. The van der Waals surface area contributed by atoms with Gasteiger partial charge in [0.1, 0.15) is 0 Å². The molecule has 3 rings (SSSR count). The summed E-state index contributed by atoms with van der Waals surface area (Å²) in [6.07, 6.45) is 5.53. The first-order valence-corrected chi connectivity index (χ1v) is 12.0. The molecule has 0 bridgehead atoms. The summed E-state index contributed by atoms with van der Waals surface area (Å²) < 4.78 is 0. The Bertz CT molecular complexity index is 733. The van der Waals surface area contributed by atoms with E-state index in [9.17, 15) is 4.79 Å². The van der Waals surface area contributed by atoms with Gasteiger partial charge in [0, 0.05) is 43.2 Å². The zero-order valence-corrected chi connectivity index (χ0v) is 22.5. The second kappa shape index (κ2) is 12.8. The molecule has 7 heteroatoms. The fourth-order valence-corrected chi connectivity index (χ4v) is 4.76. The monoisotopic (exact) mass is 555 g/mol. The van der Waals surface area contributed by atoms with Crippen molar-refractivity contribution in [3.63, 3.8) is 0 Å². The van der Waals surface area contributed by atoms with Crippen LogP contribution in [0.4, 0.5) is 0 Å². The number of hydrogen-bond donors (Lipinski definition) is 3. The van der Waals surface area contributed by atoms with Gasteiger partial charge < -0.3 is 20.9 Å². The number of nitrogens with one attached hydrogen (secondary N) is 3. The van der Waals surface area contributed by atoms with Crippen molar-refractivity contribution in [2.45, 2.75) is 77.4 Å². The second-order valence-electron chi connectivity index (χ2n) is 9.75. The number of rotatable bonds is 8. The number of likely N-dealkylation sites (tertiary alicyclic amines) is 1. The fourth-order valence-electron chi connectivity index (χ4n) is 4.76. The molecule has 1 aliphatic heterocycles. The average Bonchev–Trinajstić information content (AvgIpc) is 3.45. The van der Waals surface area contributed by atoms with Crippen molar-refractivity contribution < 1.29 is 4.79 Å². The van der Waals surface area contributed by atoms with Crippen molar-refractivity contribution in [3.05, 3.63) is 35.9 Å². The number of hydrogen-bond acceptors (Lipinski definition) is 3. The topological polar surface area (TPSA) is 68.8 Å². The molecule has 1 amide bonds. The third-order valence-electron chi connectivity index (χ3n) is 6.43. The summed E-state index contributed by atoms with van der Waals surface area (Å²) >= 11 is 0. The van der Waals surface area contributed by atoms with Crippen molar-refractivity contribution in [2.75, 3.05) is 26.2 Å². The molecule has 32 heavy (non-hydrogen) atoms. The molecule has 0 radical (unpaired) electrons. The summed E-state index contributed by atoms with van der Waals surface area (Å²) in [5.74, 6) is 1.47. The standard InChI is InChI=1S/C25H41N5O.HI/c1-5-26-24(27-18-25(3,4)29-19(2)20-11-7-6-8-12-20)28-22-15-16-30(17-22)23(31)21-13-9-10-14-21;/h6-8,11-12,19,21-22,29H,5,9-10,13-18H2,1-4H3,(H2,26,27,28);1H. The third kappa shape index (κ3) is 7.90. The Balaban J connectivity index is 0.00000363. The molecule has 180 valence electrons. The highest BCUT2D eigenvalue weighted by molar-refractivity contribution is 14.0. The third-order valence-corrected chi connectivity index (χ3v) is 6.43. The van der Waals surface area contributed by atoms with Gasteiger partial charge in [0.2, 0.25) is 5.91 Å². The molecule has 1 aliphatic carbocycles. The van der Waals surface area contributed by atoms with Gasteiger partial charge in [-0.2, -0.15) is 0 Å². The average molecular weight is 556 g/mol. The maximum Gasteiger partial charge on any atom is 0.225 e. The lowest BCUT2D eigenvalue weighted by atomic mass is 10.0. The Morgan fingerprint density at radius 2 is 1.88 bits per heavy atom. The first-order valence-electron chi connectivity index (χ1n) is 12.0. The largest absolute Gasteiger partial charge is 0.357 e. The molecule has 2 fully saturated rings. The molecule has 0 spiro atoms. The van der Waals surface area contributed by atoms with Gasteiger partial charge in [-0.05, 0) is 52.5 Å². The summed E-state index contributed by atoms with van der Waals surface area (Å²) in [7, 11) is 0. The molecule has 1 aromatic rings. The second-order valence-corrected chi connectivity index (χ2v) is 9.75. The van der Waals surface area contributed by atoms with Crippen molar-refractivity contribution in [2.24, 2.45) is 10.9 Å². The highest BCUT2D eigenvalue weighted by Gasteiger charge is 2.32. The van der Waals surface area contributed by atoms with E-state index in [2.05, 4.69) is 72.8 Å².